The standard InChI is InChI=1S/C20H26N2O2/c1-20(2,3)22(13-16-7-5-4-6-8-16)14-19(24)17-9-11-18(12-10-17)21-15-23/h4-12,15,19,24H,13-14H2,1-3H3,(H,21,23). The second-order valence-electron chi connectivity index (χ2n) is 6.94. The molecular formula is C20H26N2O2. The zero-order valence-electron chi connectivity index (χ0n) is 14.6. The lowest BCUT2D eigenvalue weighted by Gasteiger charge is -2.37. The quantitative estimate of drug-likeness (QED) is 0.765. The van der Waals surface area contributed by atoms with E-state index in [9.17, 15) is 9.90 Å². The van der Waals surface area contributed by atoms with Crippen LogP contribution >= 0.6 is 0 Å². The minimum Gasteiger partial charge on any atom is -0.387 e. The Labute approximate surface area is 144 Å². The van der Waals surface area contributed by atoms with Gasteiger partial charge in [0.25, 0.3) is 0 Å². The Balaban J connectivity index is 2.09. The van der Waals surface area contributed by atoms with Gasteiger partial charge in [0, 0.05) is 24.3 Å². The lowest BCUT2D eigenvalue weighted by atomic mass is 10.0. The van der Waals surface area contributed by atoms with E-state index in [1.807, 2.05) is 30.3 Å². The Bertz CT molecular complexity index is 633. The van der Waals surface area contributed by atoms with E-state index < -0.39 is 6.10 Å². The summed E-state index contributed by atoms with van der Waals surface area (Å²) < 4.78 is 0. The van der Waals surface area contributed by atoms with Gasteiger partial charge in [0.2, 0.25) is 6.41 Å². The van der Waals surface area contributed by atoms with Gasteiger partial charge in [-0.3, -0.25) is 9.69 Å². The Morgan fingerprint density at radius 1 is 1.08 bits per heavy atom. The van der Waals surface area contributed by atoms with Crippen LogP contribution in [0.5, 0.6) is 0 Å². The van der Waals surface area contributed by atoms with E-state index in [0.29, 0.717) is 13.0 Å². The van der Waals surface area contributed by atoms with Crippen LogP contribution in [-0.2, 0) is 11.3 Å². The first-order chi connectivity index (χ1) is 11.4. The molecule has 2 aromatic rings. The summed E-state index contributed by atoms with van der Waals surface area (Å²) in [6.45, 7) is 7.78. The van der Waals surface area contributed by atoms with E-state index in [0.717, 1.165) is 17.8 Å². The van der Waals surface area contributed by atoms with Crippen molar-refractivity contribution >= 4 is 12.1 Å². The average molecular weight is 326 g/mol. The zero-order valence-corrected chi connectivity index (χ0v) is 14.6. The number of hydrogen-bond acceptors (Lipinski definition) is 3. The molecule has 0 bridgehead atoms. The van der Waals surface area contributed by atoms with Crippen LogP contribution in [0.15, 0.2) is 54.6 Å². The van der Waals surface area contributed by atoms with Crippen LogP contribution in [0.3, 0.4) is 0 Å². The van der Waals surface area contributed by atoms with Gasteiger partial charge in [-0.2, -0.15) is 0 Å². The maximum Gasteiger partial charge on any atom is 0.211 e. The molecule has 0 radical (unpaired) electrons. The van der Waals surface area contributed by atoms with Crippen LogP contribution in [0.25, 0.3) is 0 Å². The Hall–Kier alpha value is -2.17. The van der Waals surface area contributed by atoms with Gasteiger partial charge in [-0.25, -0.2) is 0 Å². The highest BCUT2D eigenvalue weighted by Gasteiger charge is 2.24. The van der Waals surface area contributed by atoms with Crippen molar-refractivity contribution in [2.75, 3.05) is 11.9 Å². The van der Waals surface area contributed by atoms with Crippen molar-refractivity contribution in [3.63, 3.8) is 0 Å². The molecule has 0 fully saturated rings. The number of nitrogens with one attached hydrogen (secondary N) is 1. The molecule has 0 aliphatic heterocycles. The highest BCUT2D eigenvalue weighted by Crippen LogP contribution is 2.23. The van der Waals surface area contributed by atoms with E-state index in [1.165, 1.54) is 5.56 Å². The molecule has 128 valence electrons. The summed E-state index contributed by atoms with van der Waals surface area (Å²) in [5.74, 6) is 0. The molecule has 1 unspecified atom stereocenters. The van der Waals surface area contributed by atoms with Crippen molar-refractivity contribution in [1.82, 2.24) is 4.90 Å². The second-order valence-corrected chi connectivity index (χ2v) is 6.94. The summed E-state index contributed by atoms with van der Waals surface area (Å²) in [5.41, 5.74) is 2.73. The number of rotatable bonds is 7. The van der Waals surface area contributed by atoms with Crippen molar-refractivity contribution in [1.29, 1.82) is 0 Å². The van der Waals surface area contributed by atoms with Crippen LogP contribution in [0.1, 0.15) is 38.0 Å². The minimum atomic E-state index is -0.585. The summed E-state index contributed by atoms with van der Waals surface area (Å²) in [6, 6.07) is 17.6. The largest absolute Gasteiger partial charge is 0.387 e. The molecule has 2 aromatic carbocycles. The van der Waals surface area contributed by atoms with E-state index in [2.05, 4.69) is 43.1 Å². The molecule has 1 atom stereocenters. The zero-order chi connectivity index (χ0) is 17.6. The normalized spacial score (nSPS) is 12.9. The third-order valence-corrected chi connectivity index (χ3v) is 4.08. The van der Waals surface area contributed by atoms with Crippen molar-refractivity contribution < 1.29 is 9.90 Å². The first kappa shape index (κ1) is 18.2. The van der Waals surface area contributed by atoms with Crippen LogP contribution in [0.2, 0.25) is 0 Å². The molecule has 2 N–H and O–H groups in total. The molecule has 0 aromatic heterocycles. The van der Waals surface area contributed by atoms with Crippen LogP contribution in [0.4, 0.5) is 5.69 Å². The fourth-order valence-electron chi connectivity index (χ4n) is 2.56. The molecule has 0 aliphatic rings. The van der Waals surface area contributed by atoms with Gasteiger partial charge in [-0.15, -0.1) is 0 Å². The number of carbonyl (C=O) groups excluding carboxylic acids is 1. The molecule has 0 aliphatic carbocycles. The van der Waals surface area contributed by atoms with Gasteiger partial charge in [0.15, 0.2) is 0 Å². The molecule has 2 rings (SSSR count). The molecule has 0 saturated heterocycles. The van der Waals surface area contributed by atoms with Gasteiger partial charge in [-0.05, 0) is 44.0 Å². The molecular weight excluding hydrogens is 300 g/mol. The number of aliphatic hydroxyl groups excluding tert-OH is 1. The van der Waals surface area contributed by atoms with Gasteiger partial charge in [-0.1, -0.05) is 42.5 Å². The predicted octanol–water partition coefficient (Wildman–Crippen LogP) is 3.59. The molecule has 0 spiro atoms. The monoisotopic (exact) mass is 326 g/mol. The molecule has 0 heterocycles. The number of hydrogen-bond donors (Lipinski definition) is 2. The highest BCUT2D eigenvalue weighted by atomic mass is 16.3. The van der Waals surface area contributed by atoms with Crippen molar-refractivity contribution in [3.8, 4) is 0 Å². The average Bonchev–Trinajstić information content (AvgIpc) is 2.55. The topological polar surface area (TPSA) is 52.6 Å². The fourth-order valence-corrected chi connectivity index (χ4v) is 2.56. The molecule has 0 saturated carbocycles. The molecule has 24 heavy (non-hydrogen) atoms. The molecule has 4 heteroatoms. The van der Waals surface area contributed by atoms with E-state index >= 15 is 0 Å². The Morgan fingerprint density at radius 3 is 2.25 bits per heavy atom. The maximum atomic E-state index is 10.6. The SMILES string of the molecule is CC(C)(C)N(Cc1ccccc1)CC(O)c1ccc(NC=O)cc1. The van der Waals surface area contributed by atoms with Crippen molar-refractivity contribution in [2.45, 2.75) is 39.0 Å². The van der Waals surface area contributed by atoms with Crippen LogP contribution < -0.4 is 5.32 Å². The first-order valence-corrected chi connectivity index (χ1v) is 8.17. The summed E-state index contributed by atoms with van der Waals surface area (Å²) in [5, 5.41) is 13.2. The van der Waals surface area contributed by atoms with Gasteiger partial charge >= 0.3 is 0 Å². The van der Waals surface area contributed by atoms with E-state index in [-0.39, 0.29) is 5.54 Å². The number of carbonyl (C=O) groups is 1. The lowest BCUT2D eigenvalue weighted by Crippen LogP contribution is -2.43. The van der Waals surface area contributed by atoms with E-state index in [1.54, 1.807) is 12.1 Å². The summed E-state index contributed by atoms with van der Waals surface area (Å²) >= 11 is 0. The number of nitrogens with zero attached hydrogens (tertiary/aromatic N) is 1. The van der Waals surface area contributed by atoms with E-state index in [4.69, 9.17) is 0 Å². The third-order valence-electron chi connectivity index (χ3n) is 4.08. The summed E-state index contributed by atoms with van der Waals surface area (Å²) in [4.78, 5) is 12.7. The lowest BCUT2D eigenvalue weighted by molar-refractivity contribution is -0.105. The smallest absolute Gasteiger partial charge is 0.211 e. The second kappa shape index (κ2) is 8.08. The number of amides is 1. The maximum absolute atomic E-state index is 10.6. The van der Waals surface area contributed by atoms with Crippen LogP contribution in [0, 0.1) is 0 Å². The van der Waals surface area contributed by atoms with Gasteiger partial charge in [0.05, 0.1) is 6.10 Å². The number of benzene rings is 2. The number of anilines is 1. The predicted molar refractivity (Wildman–Crippen MR) is 97.7 cm³/mol. The van der Waals surface area contributed by atoms with Crippen LogP contribution in [-0.4, -0.2) is 28.5 Å². The number of aliphatic hydroxyl groups is 1. The Morgan fingerprint density at radius 2 is 1.71 bits per heavy atom. The first-order valence-electron chi connectivity index (χ1n) is 8.17. The van der Waals surface area contributed by atoms with Crippen molar-refractivity contribution in [3.05, 3.63) is 65.7 Å². The third kappa shape index (κ3) is 5.18. The minimum absolute atomic E-state index is 0.0597. The van der Waals surface area contributed by atoms with Gasteiger partial charge in [0.1, 0.15) is 0 Å². The Kier molecular flexibility index (Phi) is 6.12. The highest BCUT2D eigenvalue weighted by molar-refractivity contribution is 5.71. The molecule has 1 amide bonds. The summed E-state index contributed by atoms with van der Waals surface area (Å²) in [7, 11) is 0. The fraction of sp³-hybridized carbons (Fsp3) is 0.350. The van der Waals surface area contributed by atoms with Gasteiger partial charge < -0.3 is 10.4 Å². The molecule has 4 nitrogen and oxygen atoms in total. The summed E-state index contributed by atoms with van der Waals surface area (Å²) in [6.07, 6.45) is 0.0605. The van der Waals surface area contributed by atoms with Crippen molar-refractivity contribution in [2.24, 2.45) is 0 Å². The number of β-amino-alcohol motifs (C(OH)–C–C–N with tert-alkyl or cyclic N) is 1.